The van der Waals surface area contributed by atoms with Gasteiger partial charge in [0.15, 0.2) is 5.96 Å². The van der Waals surface area contributed by atoms with Crippen molar-refractivity contribution in [3.63, 3.8) is 0 Å². The van der Waals surface area contributed by atoms with Crippen molar-refractivity contribution in [1.82, 2.24) is 10.6 Å². The number of hydrogen-bond donors (Lipinski definition) is 2. The van der Waals surface area contributed by atoms with E-state index in [0.717, 1.165) is 32.3 Å². The van der Waals surface area contributed by atoms with Crippen LogP contribution in [0.2, 0.25) is 0 Å². The Bertz CT molecular complexity index is 380. The third-order valence-electron chi connectivity index (χ3n) is 5.54. The largest absolute Gasteiger partial charge is 0.380 e. The van der Waals surface area contributed by atoms with E-state index in [1.54, 1.807) is 0 Å². The summed E-state index contributed by atoms with van der Waals surface area (Å²) in [5.74, 6) is 1.59. The molecular weight excluding hydrogens is 266 g/mol. The third-order valence-corrected chi connectivity index (χ3v) is 5.54. The second-order valence-electron chi connectivity index (χ2n) is 6.50. The summed E-state index contributed by atoms with van der Waals surface area (Å²) in [6, 6.07) is 0.533. The van der Waals surface area contributed by atoms with Crippen molar-refractivity contribution in [2.24, 2.45) is 16.3 Å². The second-order valence-corrected chi connectivity index (χ2v) is 6.50. The summed E-state index contributed by atoms with van der Waals surface area (Å²) < 4.78 is 11.4. The SMILES string of the molecule is CCOCCNC(=NC)NC1C2CCOC2C12CCCC2. The van der Waals surface area contributed by atoms with Crippen molar-refractivity contribution >= 4 is 5.96 Å². The lowest BCUT2D eigenvalue weighted by atomic mass is 9.54. The number of nitrogens with zero attached hydrogens (tertiary/aromatic N) is 1. The average Bonchev–Trinajstić information content (AvgIpc) is 3.14. The number of hydrogen-bond acceptors (Lipinski definition) is 3. The van der Waals surface area contributed by atoms with Gasteiger partial charge in [-0.05, 0) is 26.2 Å². The molecule has 0 aromatic heterocycles. The third kappa shape index (κ3) is 2.66. The van der Waals surface area contributed by atoms with Crippen LogP contribution in [0.3, 0.4) is 0 Å². The summed E-state index contributed by atoms with van der Waals surface area (Å²) in [6.07, 6.45) is 7.00. The Morgan fingerprint density at radius 1 is 1.38 bits per heavy atom. The molecule has 0 bridgehead atoms. The van der Waals surface area contributed by atoms with E-state index in [4.69, 9.17) is 9.47 Å². The van der Waals surface area contributed by atoms with Crippen LogP contribution in [0.1, 0.15) is 39.0 Å². The van der Waals surface area contributed by atoms with Gasteiger partial charge in [-0.3, -0.25) is 4.99 Å². The highest BCUT2D eigenvalue weighted by atomic mass is 16.5. The summed E-state index contributed by atoms with van der Waals surface area (Å²) in [6.45, 7) is 5.25. The monoisotopic (exact) mass is 295 g/mol. The molecule has 0 aromatic rings. The first-order valence-electron chi connectivity index (χ1n) is 8.48. The number of guanidine groups is 1. The predicted molar refractivity (Wildman–Crippen MR) is 83.5 cm³/mol. The zero-order chi connectivity index (χ0) is 14.7. The quantitative estimate of drug-likeness (QED) is 0.459. The molecular formula is C16H29N3O2. The van der Waals surface area contributed by atoms with Gasteiger partial charge in [0.25, 0.3) is 0 Å². The Morgan fingerprint density at radius 2 is 2.19 bits per heavy atom. The van der Waals surface area contributed by atoms with Gasteiger partial charge in [0.2, 0.25) is 0 Å². The average molecular weight is 295 g/mol. The fourth-order valence-electron chi connectivity index (χ4n) is 4.63. The Balaban J connectivity index is 1.57. The first kappa shape index (κ1) is 15.1. The van der Waals surface area contributed by atoms with E-state index in [9.17, 15) is 0 Å². The van der Waals surface area contributed by atoms with Crippen molar-refractivity contribution in [1.29, 1.82) is 0 Å². The minimum atomic E-state index is 0.374. The van der Waals surface area contributed by atoms with Gasteiger partial charge < -0.3 is 20.1 Å². The fourth-order valence-corrected chi connectivity index (χ4v) is 4.63. The minimum absolute atomic E-state index is 0.374. The molecule has 2 saturated carbocycles. The van der Waals surface area contributed by atoms with Gasteiger partial charge in [0.1, 0.15) is 0 Å². The normalized spacial score (nSPS) is 33.8. The second kappa shape index (κ2) is 6.53. The molecule has 2 aliphatic carbocycles. The Hall–Kier alpha value is -0.810. The molecule has 3 unspecified atom stereocenters. The molecule has 5 heteroatoms. The van der Waals surface area contributed by atoms with Gasteiger partial charge in [-0.25, -0.2) is 0 Å². The summed E-state index contributed by atoms with van der Waals surface area (Å²) >= 11 is 0. The van der Waals surface area contributed by atoms with E-state index < -0.39 is 0 Å². The van der Waals surface area contributed by atoms with Gasteiger partial charge in [0, 0.05) is 44.2 Å². The fraction of sp³-hybridized carbons (Fsp3) is 0.938. The highest BCUT2D eigenvalue weighted by Crippen LogP contribution is 2.60. The molecule has 5 nitrogen and oxygen atoms in total. The zero-order valence-corrected chi connectivity index (χ0v) is 13.4. The standard InChI is InChI=1S/C16H29N3O2/c1-3-20-11-9-18-15(17-2)19-13-12-6-10-21-14(12)16(13)7-4-5-8-16/h12-14H,3-11H2,1-2H3,(H2,17,18,19). The lowest BCUT2D eigenvalue weighted by molar-refractivity contribution is -0.125. The van der Waals surface area contributed by atoms with E-state index in [-0.39, 0.29) is 0 Å². The zero-order valence-electron chi connectivity index (χ0n) is 13.4. The van der Waals surface area contributed by atoms with Crippen LogP contribution in [0, 0.1) is 11.3 Å². The van der Waals surface area contributed by atoms with Gasteiger partial charge in [-0.1, -0.05) is 12.8 Å². The van der Waals surface area contributed by atoms with Crippen LogP contribution in [0.4, 0.5) is 0 Å². The van der Waals surface area contributed by atoms with Gasteiger partial charge >= 0.3 is 0 Å². The predicted octanol–water partition coefficient (Wildman–Crippen LogP) is 1.54. The maximum Gasteiger partial charge on any atom is 0.191 e. The molecule has 2 N–H and O–H groups in total. The summed E-state index contributed by atoms with van der Waals surface area (Å²) in [7, 11) is 1.85. The number of nitrogens with one attached hydrogen (secondary N) is 2. The number of aliphatic imine (C=N–C) groups is 1. The van der Waals surface area contributed by atoms with Crippen molar-refractivity contribution < 1.29 is 9.47 Å². The Kier molecular flexibility index (Phi) is 4.69. The van der Waals surface area contributed by atoms with Crippen LogP contribution in [-0.4, -0.2) is 51.5 Å². The molecule has 3 rings (SSSR count). The summed E-state index contributed by atoms with van der Waals surface area (Å²) in [5, 5.41) is 7.05. The van der Waals surface area contributed by atoms with E-state index >= 15 is 0 Å². The Morgan fingerprint density at radius 3 is 2.90 bits per heavy atom. The van der Waals surface area contributed by atoms with Crippen molar-refractivity contribution in [3.8, 4) is 0 Å². The number of ether oxygens (including phenoxy) is 2. The summed E-state index contributed by atoms with van der Waals surface area (Å²) in [5.41, 5.74) is 0.374. The lowest BCUT2D eigenvalue weighted by Gasteiger charge is -2.57. The molecule has 3 atom stereocenters. The van der Waals surface area contributed by atoms with Gasteiger partial charge in [-0.15, -0.1) is 0 Å². The first-order chi connectivity index (χ1) is 10.3. The molecule has 120 valence electrons. The molecule has 0 radical (unpaired) electrons. The molecule has 1 saturated heterocycles. The van der Waals surface area contributed by atoms with Crippen LogP contribution < -0.4 is 10.6 Å². The van der Waals surface area contributed by atoms with Crippen LogP contribution in [0.15, 0.2) is 4.99 Å². The minimum Gasteiger partial charge on any atom is -0.380 e. The maximum atomic E-state index is 6.03. The van der Waals surface area contributed by atoms with Crippen LogP contribution in [0.5, 0.6) is 0 Å². The molecule has 1 aliphatic heterocycles. The molecule has 3 aliphatic rings. The number of fused-ring (bicyclic) bond motifs is 2. The van der Waals surface area contributed by atoms with Crippen LogP contribution in [0.25, 0.3) is 0 Å². The van der Waals surface area contributed by atoms with E-state index in [2.05, 4.69) is 15.6 Å². The van der Waals surface area contributed by atoms with Crippen molar-refractivity contribution in [2.75, 3.05) is 33.4 Å². The molecule has 0 amide bonds. The van der Waals surface area contributed by atoms with Crippen LogP contribution in [-0.2, 0) is 9.47 Å². The highest BCUT2D eigenvalue weighted by Gasteiger charge is 2.65. The van der Waals surface area contributed by atoms with Crippen molar-refractivity contribution in [2.45, 2.75) is 51.2 Å². The van der Waals surface area contributed by atoms with Gasteiger partial charge in [0.05, 0.1) is 12.7 Å². The Labute approximate surface area is 127 Å². The first-order valence-corrected chi connectivity index (χ1v) is 8.48. The summed E-state index contributed by atoms with van der Waals surface area (Å²) in [4.78, 5) is 4.37. The van der Waals surface area contributed by atoms with E-state index in [1.807, 2.05) is 14.0 Å². The molecule has 21 heavy (non-hydrogen) atoms. The van der Waals surface area contributed by atoms with E-state index in [1.165, 1.54) is 32.1 Å². The molecule has 1 spiro atoms. The topological polar surface area (TPSA) is 54.9 Å². The van der Waals surface area contributed by atoms with E-state index in [0.29, 0.717) is 23.5 Å². The maximum absolute atomic E-state index is 6.03. The highest BCUT2D eigenvalue weighted by molar-refractivity contribution is 5.80. The molecule has 1 heterocycles. The van der Waals surface area contributed by atoms with Crippen LogP contribution >= 0.6 is 0 Å². The lowest BCUT2D eigenvalue weighted by Crippen LogP contribution is -2.69. The molecule has 0 aromatic carbocycles. The number of rotatable bonds is 5. The smallest absolute Gasteiger partial charge is 0.191 e. The van der Waals surface area contributed by atoms with Crippen molar-refractivity contribution in [3.05, 3.63) is 0 Å². The molecule has 3 fully saturated rings. The van der Waals surface area contributed by atoms with Gasteiger partial charge in [-0.2, -0.15) is 0 Å².